The number of benzene rings is 1. The first-order valence-electron chi connectivity index (χ1n) is 7.48. The molecule has 0 aliphatic carbocycles. The van der Waals surface area contributed by atoms with Gasteiger partial charge < -0.3 is 16.0 Å². The highest BCUT2D eigenvalue weighted by molar-refractivity contribution is 5.19. The Kier molecular flexibility index (Phi) is 3.61. The highest BCUT2D eigenvalue weighted by Gasteiger charge is 2.46. The van der Waals surface area contributed by atoms with Crippen LogP contribution < -0.4 is 11.1 Å². The van der Waals surface area contributed by atoms with E-state index in [2.05, 4.69) is 47.5 Å². The lowest BCUT2D eigenvalue weighted by Gasteiger charge is -2.54. The Morgan fingerprint density at radius 3 is 2.53 bits per heavy atom. The van der Waals surface area contributed by atoms with Crippen molar-refractivity contribution in [1.82, 2.24) is 10.2 Å². The summed E-state index contributed by atoms with van der Waals surface area (Å²) in [5.41, 5.74) is 7.63. The SMILES string of the molecule is CC(NC1(CN)CN2CCC1CC2)c1ccccc1. The van der Waals surface area contributed by atoms with Crippen LogP contribution in [0.5, 0.6) is 0 Å². The van der Waals surface area contributed by atoms with Gasteiger partial charge in [0.15, 0.2) is 0 Å². The van der Waals surface area contributed by atoms with Gasteiger partial charge in [0, 0.05) is 24.7 Å². The van der Waals surface area contributed by atoms with E-state index < -0.39 is 0 Å². The molecule has 3 fully saturated rings. The fraction of sp³-hybridized carbons (Fsp3) is 0.625. The molecular weight excluding hydrogens is 234 g/mol. The van der Waals surface area contributed by atoms with Crippen molar-refractivity contribution in [3.8, 4) is 0 Å². The Morgan fingerprint density at radius 2 is 2.00 bits per heavy atom. The van der Waals surface area contributed by atoms with Crippen molar-refractivity contribution in [3.63, 3.8) is 0 Å². The number of fused-ring (bicyclic) bond motifs is 3. The van der Waals surface area contributed by atoms with E-state index in [9.17, 15) is 0 Å². The second-order valence-corrected chi connectivity index (χ2v) is 6.19. The fourth-order valence-corrected chi connectivity index (χ4v) is 3.88. The number of nitrogens with two attached hydrogens (primary N) is 1. The van der Waals surface area contributed by atoms with Crippen LogP contribution in [0.3, 0.4) is 0 Å². The minimum Gasteiger partial charge on any atom is -0.329 e. The minimum atomic E-state index is 0.117. The van der Waals surface area contributed by atoms with Crippen molar-refractivity contribution in [2.24, 2.45) is 11.7 Å². The van der Waals surface area contributed by atoms with Crippen molar-refractivity contribution < 1.29 is 0 Å². The van der Waals surface area contributed by atoms with Gasteiger partial charge in [0.05, 0.1) is 0 Å². The van der Waals surface area contributed by atoms with Gasteiger partial charge in [0.25, 0.3) is 0 Å². The number of hydrogen-bond donors (Lipinski definition) is 2. The number of nitrogens with one attached hydrogen (secondary N) is 1. The third-order valence-electron chi connectivity index (χ3n) is 5.04. The van der Waals surface area contributed by atoms with Gasteiger partial charge in [-0.05, 0) is 44.3 Å². The summed E-state index contributed by atoms with van der Waals surface area (Å²) in [4.78, 5) is 2.57. The van der Waals surface area contributed by atoms with Crippen LogP contribution in [0.4, 0.5) is 0 Å². The zero-order valence-corrected chi connectivity index (χ0v) is 11.8. The summed E-state index contributed by atoms with van der Waals surface area (Å²) >= 11 is 0. The molecule has 4 rings (SSSR count). The topological polar surface area (TPSA) is 41.3 Å². The predicted octanol–water partition coefficient (Wildman–Crippen LogP) is 1.76. The molecule has 1 aromatic rings. The lowest BCUT2D eigenvalue weighted by Crippen LogP contribution is -2.69. The molecule has 0 radical (unpaired) electrons. The molecule has 3 heteroatoms. The largest absolute Gasteiger partial charge is 0.329 e. The molecule has 2 atom stereocenters. The van der Waals surface area contributed by atoms with E-state index in [1.54, 1.807) is 0 Å². The normalized spacial score (nSPS) is 35.3. The summed E-state index contributed by atoms with van der Waals surface area (Å²) in [7, 11) is 0. The van der Waals surface area contributed by atoms with E-state index in [0.717, 1.165) is 19.0 Å². The standard InChI is InChI=1S/C16H25N3/c1-13(14-5-3-2-4-6-14)18-16(11-17)12-19-9-7-15(16)8-10-19/h2-6,13,15,18H,7-12,17H2,1H3. The van der Waals surface area contributed by atoms with Crippen LogP contribution in [-0.2, 0) is 0 Å². The molecule has 3 aliphatic heterocycles. The summed E-state index contributed by atoms with van der Waals surface area (Å²) in [5, 5.41) is 3.86. The van der Waals surface area contributed by atoms with Crippen molar-refractivity contribution in [1.29, 1.82) is 0 Å². The molecule has 0 aromatic heterocycles. The molecule has 0 spiro atoms. The molecule has 0 saturated carbocycles. The van der Waals surface area contributed by atoms with E-state index in [0.29, 0.717) is 6.04 Å². The van der Waals surface area contributed by atoms with Gasteiger partial charge in [-0.3, -0.25) is 0 Å². The Morgan fingerprint density at radius 1 is 1.32 bits per heavy atom. The molecule has 3 aliphatic rings. The van der Waals surface area contributed by atoms with Gasteiger partial charge in [-0.1, -0.05) is 30.3 Å². The summed E-state index contributed by atoms with van der Waals surface area (Å²) in [6, 6.07) is 11.1. The van der Waals surface area contributed by atoms with Gasteiger partial charge in [-0.25, -0.2) is 0 Å². The number of piperidine rings is 3. The van der Waals surface area contributed by atoms with Crippen molar-refractivity contribution in [3.05, 3.63) is 35.9 Å². The monoisotopic (exact) mass is 259 g/mol. The van der Waals surface area contributed by atoms with Gasteiger partial charge in [0.2, 0.25) is 0 Å². The molecule has 19 heavy (non-hydrogen) atoms. The molecule has 3 nitrogen and oxygen atoms in total. The Bertz CT molecular complexity index is 411. The van der Waals surface area contributed by atoms with Crippen LogP contribution >= 0.6 is 0 Å². The third kappa shape index (κ3) is 2.42. The van der Waals surface area contributed by atoms with Crippen molar-refractivity contribution in [2.45, 2.75) is 31.3 Å². The predicted molar refractivity (Wildman–Crippen MR) is 78.9 cm³/mol. The second kappa shape index (κ2) is 5.23. The van der Waals surface area contributed by atoms with Crippen LogP contribution in [0.2, 0.25) is 0 Å². The summed E-state index contributed by atoms with van der Waals surface area (Å²) in [5.74, 6) is 0.744. The lowest BCUT2D eigenvalue weighted by molar-refractivity contribution is 0.00527. The Balaban J connectivity index is 1.76. The Hall–Kier alpha value is -0.900. The maximum atomic E-state index is 6.16. The van der Waals surface area contributed by atoms with Crippen LogP contribution in [0.1, 0.15) is 31.4 Å². The van der Waals surface area contributed by atoms with Crippen molar-refractivity contribution in [2.75, 3.05) is 26.2 Å². The first kappa shape index (κ1) is 13.1. The zero-order chi connectivity index (χ0) is 13.3. The van der Waals surface area contributed by atoms with Crippen molar-refractivity contribution >= 4 is 0 Å². The average molecular weight is 259 g/mol. The minimum absolute atomic E-state index is 0.117. The first-order valence-corrected chi connectivity index (χ1v) is 7.48. The van der Waals surface area contributed by atoms with Gasteiger partial charge in [-0.15, -0.1) is 0 Å². The molecule has 1 aromatic carbocycles. The zero-order valence-electron chi connectivity index (χ0n) is 11.8. The van der Waals surface area contributed by atoms with Crippen LogP contribution in [0, 0.1) is 5.92 Å². The number of nitrogens with zero attached hydrogens (tertiary/aromatic N) is 1. The van der Waals surface area contributed by atoms with E-state index in [1.807, 2.05) is 0 Å². The smallest absolute Gasteiger partial charge is 0.0466 e. The maximum absolute atomic E-state index is 6.16. The summed E-state index contributed by atoms with van der Waals surface area (Å²) in [6.45, 7) is 6.63. The first-order chi connectivity index (χ1) is 9.23. The lowest BCUT2D eigenvalue weighted by atomic mass is 9.72. The highest BCUT2D eigenvalue weighted by atomic mass is 15.2. The number of rotatable bonds is 4. The van der Waals surface area contributed by atoms with E-state index in [-0.39, 0.29) is 5.54 Å². The molecule has 3 saturated heterocycles. The van der Waals surface area contributed by atoms with Gasteiger partial charge in [-0.2, -0.15) is 0 Å². The Labute approximate surface area is 116 Å². The van der Waals surface area contributed by atoms with Crippen LogP contribution in [-0.4, -0.2) is 36.6 Å². The highest BCUT2D eigenvalue weighted by Crippen LogP contribution is 2.36. The van der Waals surface area contributed by atoms with Gasteiger partial charge >= 0.3 is 0 Å². The molecule has 3 heterocycles. The molecule has 2 bridgehead atoms. The summed E-state index contributed by atoms with van der Waals surface area (Å²) < 4.78 is 0. The summed E-state index contributed by atoms with van der Waals surface area (Å²) in [6.07, 6.45) is 2.59. The number of hydrogen-bond acceptors (Lipinski definition) is 3. The second-order valence-electron chi connectivity index (χ2n) is 6.19. The maximum Gasteiger partial charge on any atom is 0.0466 e. The van der Waals surface area contributed by atoms with E-state index >= 15 is 0 Å². The van der Waals surface area contributed by atoms with Gasteiger partial charge in [0.1, 0.15) is 0 Å². The van der Waals surface area contributed by atoms with E-state index in [4.69, 9.17) is 5.73 Å². The molecule has 2 unspecified atom stereocenters. The van der Waals surface area contributed by atoms with Crippen LogP contribution in [0.25, 0.3) is 0 Å². The molecule has 3 N–H and O–H groups in total. The van der Waals surface area contributed by atoms with Crippen LogP contribution in [0.15, 0.2) is 30.3 Å². The average Bonchev–Trinajstić information content (AvgIpc) is 2.49. The van der Waals surface area contributed by atoms with E-state index in [1.165, 1.54) is 31.5 Å². The molecule has 0 amide bonds. The third-order valence-corrected chi connectivity index (χ3v) is 5.04. The fourth-order valence-electron chi connectivity index (χ4n) is 3.88. The quantitative estimate of drug-likeness (QED) is 0.866. The molecular formula is C16H25N3. The molecule has 104 valence electrons.